The molecule has 0 amide bonds. The van der Waals surface area contributed by atoms with E-state index in [0.717, 1.165) is 5.56 Å². The number of nitrogens with zero attached hydrogens (tertiary/aromatic N) is 1. The Morgan fingerprint density at radius 1 is 1.24 bits per heavy atom. The van der Waals surface area contributed by atoms with Gasteiger partial charge in [0, 0.05) is 32.7 Å². The molecule has 1 aliphatic rings. The molecule has 1 atom stereocenters. The summed E-state index contributed by atoms with van der Waals surface area (Å²) in [7, 11) is -3.99. The van der Waals surface area contributed by atoms with E-state index in [0.29, 0.717) is 18.7 Å². The third-order valence-corrected chi connectivity index (χ3v) is 5.64. The smallest absolute Gasteiger partial charge is 0.314 e. The molecule has 10 heteroatoms. The molecule has 0 spiro atoms. The predicted octanol–water partition coefficient (Wildman–Crippen LogP) is 1.84. The molecule has 2 N–H and O–H groups in total. The van der Waals surface area contributed by atoms with Gasteiger partial charge in [-0.3, -0.25) is 4.90 Å². The van der Waals surface area contributed by atoms with E-state index >= 15 is 0 Å². The minimum absolute atomic E-state index is 0. The summed E-state index contributed by atoms with van der Waals surface area (Å²) in [4.78, 5) is 1.27. The van der Waals surface area contributed by atoms with Crippen LogP contribution in [0.2, 0.25) is 0 Å². The van der Waals surface area contributed by atoms with Crippen LogP contribution in [0.3, 0.4) is 0 Å². The lowest BCUT2D eigenvalue weighted by atomic mass is 10.2. The van der Waals surface area contributed by atoms with Crippen LogP contribution in [0.4, 0.5) is 13.2 Å². The Bertz CT molecular complexity index is 677. The summed E-state index contributed by atoms with van der Waals surface area (Å²) in [6.07, 6.45) is -4.50. The Morgan fingerprint density at radius 2 is 1.84 bits per heavy atom. The van der Waals surface area contributed by atoms with Crippen LogP contribution in [0.1, 0.15) is 11.1 Å². The lowest BCUT2D eigenvalue weighted by molar-refractivity contribution is -0.182. The molecule has 2 rings (SSSR count). The molecule has 1 aromatic carbocycles. The van der Waals surface area contributed by atoms with Gasteiger partial charge in [-0.25, -0.2) is 13.1 Å². The third kappa shape index (κ3) is 5.82. The standard InChI is InChI=1S/C15H22F3N3O2S.ClH/c1-11-3-4-13(12(2)9-11)24(22,23)20-10-14(15(16,17)18)21-7-5-19-6-8-21;/h3-4,9,14,19-20H,5-8,10H2,1-2H3;1H. The molecule has 1 fully saturated rings. The van der Waals surface area contributed by atoms with Gasteiger partial charge in [0.1, 0.15) is 6.04 Å². The van der Waals surface area contributed by atoms with Crippen LogP contribution in [0.5, 0.6) is 0 Å². The molecule has 144 valence electrons. The molecule has 1 heterocycles. The average Bonchev–Trinajstić information content (AvgIpc) is 2.46. The molecule has 1 aromatic rings. The first-order chi connectivity index (χ1) is 11.1. The SMILES string of the molecule is Cc1ccc(S(=O)(=O)NCC(N2CCNCC2)C(F)(F)F)c(C)c1.Cl. The van der Waals surface area contributed by atoms with E-state index < -0.39 is 28.8 Å². The van der Waals surface area contributed by atoms with Crippen molar-refractivity contribution in [2.24, 2.45) is 0 Å². The zero-order valence-electron chi connectivity index (χ0n) is 14.1. The highest BCUT2D eigenvalue weighted by Gasteiger charge is 2.44. The highest BCUT2D eigenvalue weighted by molar-refractivity contribution is 7.89. The topological polar surface area (TPSA) is 61.4 Å². The molecule has 1 saturated heterocycles. The zero-order chi connectivity index (χ0) is 18.0. The van der Waals surface area contributed by atoms with E-state index in [1.807, 2.05) is 6.92 Å². The Morgan fingerprint density at radius 3 is 2.36 bits per heavy atom. The maximum Gasteiger partial charge on any atom is 0.405 e. The minimum atomic E-state index is -4.50. The molecule has 0 aromatic heterocycles. The summed E-state index contributed by atoms with van der Waals surface area (Å²) in [5, 5.41) is 2.98. The van der Waals surface area contributed by atoms with Crippen LogP contribution in [0.25, 0.3) is 0 Å². The summed E-state index contributed by atoms with van der Waals surface area (Å²) < 4.78 is 66.8. The number of rotatable bonds is 5. The molecular formula is C15H23ClF3N3O2S. The number of hydrogen-bond acceptors (Lipinski definition) is 4. The van der Waals surface area contributed by atoms with Gasteiger partial charge in [-0.1, -0.05) is 17.7 Å². The van der Waals surface area contributed by atoms with E-state index in [9.17, 15) is 21.6 Å². The van der Waals surface area contributed by atoms with Crippen molar-refractivity contribution >= 4 is 22.4 Å². The van der Waals surface area contributed by atoms with E-state index in [1.54, 1.807) is 19.1 Å². The molecular weight excluding hydrogens is 379 g/mol. The summed E-state index contributed by atoms with van der Waals surface area (Å²) in [5.74, 6) is 0. The number of aryl methyl sites for hydroxylation is 2. The number of hydrogen-bond donors (Lipinski definition) is 2. The largest absolute Gasteiger partial charge is 0.405 e. The van der Waals surface area contributed by atoms with Crippen LogP contribution in [0.15, 0.2) is 23.1 Å². The van der Waals surface area contributed by atoms with Crippen LogP contribution in [-0.4, -0.2) is 58.3 Å². The first kappa shape index (κ1) is 22.2. The Hall–Kier alpha value is -0.870. The van der Waals surface area contributed by atoms with Crippen molar-refractivity contribution in [1.82, 2.24) is 14.9 Å². The molecule has 25 heavy (non-hydrogen) atoms. The van der Waals surface area contributed by atoms with Crippen LogP contribution < -0.4 is 10.0 Å². The lowest BCUT2D eigenvalue weighted by Crippen LogP contribution is -2.57. The second-order valence-corrected chi connectivity index (χ2v) is 7.70. The molecule has 1 aliphatic heterocycles. The highest BCUT2D eigenvalue weighted by Crippen LogP contribution is 2.25. The Balaban J connectivity index is 0.00000312. The lowest BCUT2D eigenvalue weighted by Gasteiger charge is -2.35. The Labute approximate surface area is 152 Å². The fraction of sp³-hybridized carbons (Fsp3) is 0.600. The molecule has 0 aliphatic carbocycles. The van der Waals surface area contributed by atoms with Crippen molar-refractivity contribution in [3.05, 3.63) is 29.3 Å². The quantitative estimate of drug-likeness (QED) is 0.790. The van der Waals surface area contributed by atoms with Gasteiger partial charge in [-0.05, 0) is 25.5 Å². The van der Waals surface area contributed by atoms with Crippen LogP contribution in [0, 0.1) is 13.8 Å². The summed E-state index contributed by atoms with van der Waals surface area (Å²) in [5.41, 5.74) is 1.40. The third-order valence-electron chi connectivity index (χ3n) is 4.06. The fourth-order valence-electron chi connectivity index (χ4n) is 2.81. The minimum Gasteiger partial charge on any atom is -0.314 e. The molecule has 5 nitrogen and oxygen atoms in total. The summed E-state index contributed by atoms with van der Waals surface area (Å²) >= 11 is 0. The van der Waals surface area contributed by atoms with Crippen molar-refractivity contribution in [2.45, 2.75) is 31.0 Å². The fourth-order valence-corrected chi connectivity index (χ4v) is 4.08. The molecule has 0 saturated carbocycles. The maximum absolute atomic E-state index is 13.3. The van der Waals surface area contributed by atoms with Gasteiger partial charge in [0.25, 0.3) is 0 Å². The number of halogens is 4. The Kier molecular flexibility index (Phi) is 7.70. The first-order valence-corrected chi connectivity index (χ1v) is 9.18. The van der Waals surface area contributed by atoms with Crippen molar-refractivity contribution in [3.8, 4) is 0 Å². The predicted molar refractivity (Wildman–Crippen MR) is 92.6 cm³/mol. The van der Waals surface area contributed by atoms with Gasteiger partial charge in [0.2, 0.25) is 10.0 Å². The monoisotopic (exact) mass is 401 g/mol. The van der Waals surface area contributed by atoms with Crippen molar-refractivity contribution in [2.75, 3.05) is 32.7 Å². The second kappa shape index (κ2) is 8.68. The van der Waals surface area contributed by atoms with Crippen LogP contribution in [-0.2, 0) is 10.0 Å². The first-order valence-electron chi connectivity index (χ1n) is 7.69. The van der Waals surface area contributed by atoms with E-state index in [4.69, 9.17) is 0 Å². The van der Waals surface area contributed by atoms with Gasteiger partial charge in [0.05, 0.1) is 4.90 Å². The van der Waals surface area contributed by atoms with Crippen molar-refractivity contribution in [1.29, 1.82) is 0 Å². The highest BCUT2D eigenvalue weighted by atomic mass is 35.5. The van der Waals surface area contributed by atoms with Gasteiger partial charge in [-0.2, -0.15) is 13.2 Å². The maximum atomic E-state index is 13.3. The number of sulfonamides is 1. The second-order valence-electron chi connectivity index (χ2n) is 5.96. The van der Waals surface area contributed by atoms with E-state index in [-0.39, 0.29) is 30.4 Å². The summed E-state index contributed by atoms with van der Waals surface area (Å²) in [6, 6.07) is 2.89. The molecule has 1 unspecified atom stereocenters. The van der Waals surface area contributed by atoms with Crippen molar-refractivity contribution in [3.63, 3.8) is 0 Å². The van der Waals surface area contributed by atoms with Crippen LogP contribution >= 0.6 is 12.4 Å². The molecule has 0 radical (unpaired) electrons. The van der Waals surface area contributed by atoms with Gasteiger partial charge in [0.15, 0.2) is 0 Å². The number of nitrogens with one attached hydrogen (secondary N) is 2. The molecule has 0 bridgehead atoms. The zero-order valence-corrected chi connectivity index (χ0v) is 15.7. The normalized spacial score (nSPS) is 17.8. The number of benzene rings is 1. The van der Waals surface area contributed by atoms with Gasteiger partial charge >= 0.3 is 6.18 Å². The van der Waals surface area contributed by atoms with E-state index in [2.05, 4.69) is 10.0 Å². The summed E-state index contributed by atoms with van der Waals surface area (Å²) in [6.45, 7) is 4.12. The van der Waals surface area contributed by atoms with Gasteiger partial charge < -0.3 is 5.32 Å². The number of piperazine rings is 1. The average molecular weight is 402 g/mol. The van der Waals surface area contributed by atoms with Gasteiger partial charge in [-0.15, -0.1) is 12.4 Å². The number of alkyl halides is 3. The van der Waals surface area contributed by atoms with E-state index in [1.165, 1.54) is 11.0 Å². The van der Waals surface area contributed by atoms with Crippen molar-refractivity contribution < 1.29 is 21.6 Å².